The second-order valence-electron chi connectivity index (χ2n) is 13.5. The fourth-order valence-electron chi connectivity index (χ4n) is 6.03. The highest BCUT2D eigenvalue weighted by Gasteiger charge is 2.10. The van der Waals surface area contributed by atoms with E-state index in [-0.39, 0.29) is 13.2 Å². The first-order valence-corrected chi connectivity index (χ1v) is 19.7. The Balaban J connectivity index is 1.51. The molecule has 6 heteroatoms. The van der Waals surface area contributed by atoms with Gasteiger partial charge >= 0.3 is 0 Å². The van der Waals surface area contributed by atoms with Gasteiger partial charge in [0.15, 0.2) is 0 Å². The number of aliphatic hydroxyl groups excluding tert-OH is 2. The van der Waals surface area contributed by atoms with Gasteiger partial charge in [-0.05, 0) is 59.4 Å². The number of unbranched alkanes of at least 4 members (excludes halogenated alkanes) is 14. The number of benzene rings is 3. The molecule has 1 unspecified atom stereocenters. The molecule has 0 aromatic heterocycles. The summed E-state index contributed by atoms with van der Waals surface area (Å²) in [5, 5.41) is 18.4. The Kier molecular flexibility index (Phi) is 22.3. The molecule has 0 aliphatic heterocycles. The van der Waals surface area contributed by atoms with Crippen molar-refractivity contribution in [2.75, 3.05) is 39.6 Å². The third-order valence-corrected chi connectivity index (χ3v) is 9.14. The maximum Gasteiger partial charge on any atom is 0.124 e. The van der Waals surface area contributed by atoms with Gasteiger partial charge in [0, 0.05) is 5.56 Å². The summed E-state index contributed by atoms with van der Waals surface area (Å²) >= 11 is 0. The smallest absolute Gasteiger partial charge is 0.124 e. The zero-order valence-corrected chi connectivity index (χ0v) is 31.2. The second-order valence-corrected chi connectivity index (χ2v) is 13.5. The highest BCUT2D eigenvalue weighted by Crippen LogP contribution is 2.30. The van der Waals surface area contributed by atoms with E-state index in [0.717, 1.165) is 47.6 Å². The Morgan fingerprint density at radius 3 is 1.52 bits per heavy atom. The molecule has 278 valence electrons. The van der Waals surface area contributed by atoms with Gasteiger partial charge in [-0.25, -0.2) is 0 Å². The topological polar surface area (TPSA) is 77.4 Å². The Morgan fingerprint density at radius 2 is 0.960 bits per heavy atom. The number of aliphatic hydroxyl groups is 2. The van der Waals surface area contributed by atoms with Crippen LogP contribution in [0.25, 0.3) is 22.3 Å². The highest BCUT2D eigenvalue weighted by molar-refractivity contribution is 5.71. The lowest BCUT2D eigenvalue weighted by Crippen LogP contribution is -2.20. The number of rotatable bonds is 30. The number of hydrogen-bond donors (Lipinski definition) is 2. The molecule has 0 aliphatic carbocycles. The van der Waals surface area contributed by atoms with Gasteiger partial charge in [0.25, 0.3) is 0 Å². The van der Waals surface area contributed by atoms with Crippen molar-refractivity contribution in [3.63, 3.8) is 0 Å². The molecule has 0 saturated heterocycles. The molecule has 3 aromatic rings. The standard InChI is InChI=1S/C44H66O6/c1-3-5-7-9-11-13-15-17-29-49-43-26-23-38(24-27-43)37-19-21-39(22-20-37)40-25-28-44(50-30-18-16-14-12-10-8-6-4-2)41(33-40)35-47-31-32-48-36-42(46)34-45/h19-28,33,42,45-46H,3-18,29-32,34-36H2,1-2H3. The quantitative estimate of drug-likeness (QED) is 0.0678. The third kappa shape index (κ3) is 17.4. The van der Waals surface area contributed by atoms with Crippen LogP contribution >= 0.6 is 0 Å². The summed E-state index contributed by atoms with van der Waals surface area (Å²) in [6.45, 7) is 6.91. The molecule has 0 fully saturated rings. The summed E-state index contributed by atoms with van der Waals surface area (Å²) in [6.07, 6.45) is 19.7. The molecule has 0 heterocycles. The first kappa shape index (κ1) is 41.5. The van der Waals surface area contributed by atoms with Crippen LogP contribution in [0.2, 0.25) is 0 Å². The average molecular weight is 691 g/mol. The lowest BCUT2D eigenvalue weighted by molar-refractivity contribution is -0.0173. The SMILES string of the molecule is CCCCCCCCCCOc1ccc(-c2ccc(-c3ccc(OCCCCCCCCCC)c(COCCOCC(O)CO)c3)cc2)cc1. The monoisotopic (exact) mass is 690 g/mol. The molecule has 0 spiro atoms. The van der Waals surface area contributed by atoms with Gasteiger partial charge in [-0.1, -0.05) is 146 Å². The van der Waals surface area contributed by atoms with Crippen molar-refractivity contribution in [1.82, 2.24) is 0 Å². The van der Waals surface area contributed by atoms with Gasteiger partial charge in [-0.2, -0.15) is 0 Å². The van der Waals surface area contributed by atoms with E-state index in [9.17, 15) is 5.11 Å². The Bertz CT molecular complexity index is 1240. The zero-order valence-electron chi connectivity index (χ0n) is 31.2. The van der Waals surface area contributed by atoms with Crippen LogP contribution < -0.4 is 9.47 Å². The number of ether oxygens (including phenoxy) is 4. The Hall–Kier alpha value is -2.90. The first-order valence-electron chi connectivity index (χ1n) is 19.7. The normalized spacial score (nSPS) is 11.9. The van der Waals surface area contributed by atoms with E-state index in [2.05, 4.69) is 80.6 Å². The molecular formula is C44H66O6. The average Bonchev–Trinajstić information content (AvgIpc) is 3.15. The molecule has 0 radical (unpaired) electrons. The van der Waals surface area contributed by atoms with Crippen LogP contribution in [0.1, 0.15) is 122 Å². The predicted molar refractivity (Wildman–Crippen MR) is 207 cm³/mol. The van der Waals surface area contributed by atoms with Gasteiger partial charge in [0.1, 0.15) is 17.6 Å². The molecule has 0 aliphatic rings. The molecule has 0 bridgehead atoms. The van der Waals surface area contributed by atoms with Crippen LogP contribution in [0.15, 0.2) is 66.7 Å². The highest BCUT2D eigenvalue weighted by atomic mass is 16.5. The Labute approximate surface area is 303 Å². The van der Waals surface area contributed by atoms with Crippen LogP contribution in [0, 0.1) is 0 Å². The van der Waals surface area contributed by atoms with E-state index in [1.165, 1.54) is 101 Å². The van der Waals surface area contributed by atoms with Gasteiger partial charge in [-0.3, -0.25) is 0 Å². The van der Waals surface area contributed by atoms with Crippen LogP contribution in [-0.4, -0.2) is 56.0 Å². The molecule has 50 heavy (non-hydrogen) atoms. The van der Waals surface area contributed by atoms with E-state index in [0.29, 0.717) is 26.4 Å². The first-order chi connectivity index (χ1) is 24.6. The maximum absolute atomic E-state index is 9.48. The van der Waals surface area contributed by atoms with E-state index < -0.39 is 6.10 Å². The van der Waals surface area contributed by atoms with Crippen molar-refractivity contribution in [1.29, 1.82) is 0 Å². The fraction of sp³-hybridized carbons (Fsp3) is 0.591. The zero-order chi connectivity index (χ0) is 35.5. The van der Waals surface area contributed by atoms with E-state index in [1.807, 2.05) is 0 Å². The number of hydrogen-bond acceptors (Lipinski definition) is 6. The lowest BCUT2D eigenvalue weighted by Gasteiger charge is -2.15. The summed E-state index contributed by atoms with van der Waals surface area (Å²) in [5.41, 5.74) is 5.59. The molecule has 6 nitrogen and oxygen atoms in total. The maximum atomic E-state index is 9.48. The van der Waals surface area contributed by atoms with E-state index in [4.69, 9.17) is 24.1 Å². The van der Waals surface area contributed by atoms with Crippen molar-refractivity contribution in [2.45, 2.75) is 129 Å². The van der Waals surface area contributed by atoms with Crippen LogP contribution in [-0.2, 0) is 16.1 Å². The summed E-state index contributed by atoms with van der Waals surface area (Å²) in [6, 6.07) is 23.5. The van der Waals surface area contributed by atoms with Gasteiger partial charge < -0.3 is 29.2 Å². The van der Waals surface area contributed by atoms with E-state index in [1.54, 1.807) is 0 Å². The second kappa shape index (κ2) is 26.8. The van der Waals surface area contributed by atoms with Crippen LogP contribution in [0.5, 0.6) is 11.5 Å². The minimum absolute atomic E-state index is 0.0928. The lowest BCUT2D eigenvalue weighted by atomic mass is 9.99. The minimum Gasteiger partial charge on any atom is -0.494 e. The summed E-state index contributed by atoms with van der Waals surface area (Å²) in [5.74, 6) is 1.79. The minimum atomic E-state index is -0.864. The van der Waals surface area contributed by atoms with Gasteiger partial charge in [0.05, 0.1) is 46.2 Å². The van der Waals surface area contributed by atoms with Crippen LogP contribution in [0.4, 0.5) is 0 Å². The summed E-state index contributed by atoms with van der Waals surface area (Å²) < 4.78 is 23.6. The largest absolute Gasteiger partial charge is 0.494 e. The van der Waals surface area contributed by atoms with Crippen molar-refractivity contribution >= 4 is 0 Å². The Morgan fingerprint density at radius 1 is 0.500 bits per heavy atom. The van der Waals surface area contributed by atoms with Crippen molar-refractivity contribution in [3.05, 3.63) is 72.3 Å². The molecular weight excluding hydrogens is 624 g/mol. The fourth-order valence-corrected chi connectivity index (χ4v) is 6.03. The van der Waals surface area contributed by atoms with Gasteiger partial charge in [-0.15, -0.1) is 0 Å². The third-order valence-electron chi connectivity index (χ3n) is 9.14. The molecule has 3 aromatic carbocycles. The van der Waals surface area contributed by atoms with Crippen LogP contribution in [0.3, 0.4) is 0 Å². The molecule has 0 saturated carbocycles. The van der Waals surface area contributed by atoms with Crippen molar-refractivity contribution in [2.24, 2.45) is 0 Å². The molecule has 0 amide bonds. The summed E-state index contributed by atoms with van der Waals surface area (Å²) in [4.78, 5) is 0. The van der Waals surface area contributed by atoms with Crippen molar-refractivity contribution < 1.29 is 29.2 Å². The van der Waals surface area contributed by atoms with Gasteiger partial charge in [0.2, 0.25) is 0 Å². The molecule has 2 N–H and O–H groups in total. The molecule has 3 rings (SSSR count). The van der Waals surface area contributed by atoms with E-state index >= 15 is 0 Å². The molecule has 1 atom stereocenters. The summed E-state index contributed by atoms with van der Waals surface area (Å²) in [7, 11) is 0. The van der Waals surface area contributed by atoms with Crippen molar-refractivity contribution in [3.8, 4) is 33.8 Å². The predicted octanol–water partition coefficient (Wildman–Crippen LogP) is 10.9.